The van der Waals surface area contributed by atoms with Gasteiger partial charge < -0.3 is 5.32 Å². The molecule has 0 aliphatic carbocycles. The Balaban J connectivity index is 2.20. The molecule has 1 aromatic carbocycles. The monoisotopic (exact) mass is 349 g/mol. The smallest absolute Gasteiger partial charge is 0.0814 e. The quantitative estimate of drug-likeness (QED) is 0.595. The third kappa shape index (κ3) is 5.55. The van der Waals surface area contributed by atoms with Gasteiger partial charge in [0.15, 0.2) is 0 Å². The Bertz CT molecular complexity index is 745. The van der Waals surface area contributed by atoms with E-state index in [1.54, 1.807) is 6.20 Å². The van der Waals surface area contributed by atoms with Crippen molar-refractivity contribution in [3.63, 3.8) is 0 Å². The van der Waals surface area contributed by atoms with Gasteiger partial charge in [0.25, 0.3) is 0 Å². The summed E-state index contributed by atoms with van der Waals surface area (Å²) in [4.78, 5) is 8.95. The first-order valence-corrected chi connectivity index (χ1v) is 9.37. The summed E-state index contributed by atoms with van der Waals surface area (Å²) >= 11 is 0. The molecular formula is C23H31N3. The Morgan fingerprint density at radius 1 is 1.00 bits per heavy atom. The number of allylic oxidation sites excluding steroid dienone is 2. The highest BCUT2D eigenvalue weighted by Crippen LogP contribution is 2.33. The van der Waals surface area contributed by atoms with Crippen LogP contribution >= 0.6 is 0 Å². The highest BCUT2D eigenvalue weighted by molar-refractivity contribution is 5.93. The number of anilines is 1. The molecule has 26 heavy (non-hydrogen) atoms. The van der Waals surface area contributed by atoms with Crippen LogP contribution in [0.15, 0.2) is 59.4 Å². The van der Waals surface area contributed by atoms with Crippen molar-refractivity contribution >= 4 is 11.4 Å². The number of pyridine rings is 1. The van der Waals surface area contributed by atoms with Gasteiger partial charge in [-0.25, -0.2) is 0 Å². The summed E-state index contributed by atoms with van der Waals surface area (Å²) in [5.74, 6) is 0.950. The van der Waals surface area contributed by atoms with Gasteiger partial charge in [0, 0.05) is 23.3 Å². The summed E-state index contributed by atoms with van der Waals surface area (Å²) in [5, 5.41) is 3.64. The predicted octanol–water partition coefficient (Wildman–Crippen LogP) is 6.31. The average molecular weight is 350 g/mol. The SMILES string of the molecule is CC(/C=C(/C)Nc1c(C(C)C)cccc1C(C)C)=NCc1ccccn1. The van der Waals surface area contributed by atoms with E-state index in [9.17, 15) is 0 Å². The Morgan fingerprint density at radius 3 is 2.19 bits per heavy atom. The van der Waals surface area contributed by atoms with Gasteiger partial charge in [-0.1, -0.05) is 52.0 Å². The number of hydrogen-bond acceptors (Lipinski definition) is 3. The van der Waals surface area contributed by atoms with Crippen LogP contribution in [-0.4, -0.2) is 10.7 Å². The normalized spacial score (nSPS) is 12.8. The summed E-state index contributed by atoms with van der Waals surface area (Å²) < 4.78 is 0. The van der Waals surface area contributed by atoms with E-state index in [2.05, 4.69) is 74.2 Å². The van der Waals surface area contributed by atoms with Crippen molar-refractivity contribution in [2.45, 2.75) is 59.9 Å². The largest absolute Gasteiger partial charge is 0.359 e. The zero-order valence-electron chi connectivity index (χ0n) is 16.9. The zero-order chi connectivity index (χ0) is 19.1. The summed E-state index contributed by atoms with van der Waals surface area (Å²) in [6.45, 7) is 13.7. The van der Waals surface area contributed by atoms with Crippen LogP contribution in [0.5, 0.6) is 0 Å². The molecule has 3 nitrogen and oxygen atoms in total. The van der Waals surface area contributed by atoms with Gasteiger partial charge >= 0.3 is 0 Å². The first-order valence-electron chi connectivity index (χ1n) is 9.37. The van der Waals surface area contributed by atoms with Crippen molar-refractivity contribution in [3.8, 4) is 0 Å². The van der Waals surface area contributed by atoms with Crippen LogP contribution in [0.2, 0.25) is 0 Å². The minimum absolute atomic E-state index is 0.475. The van der Waals surface area contributed by atoms with Crippen molar-refractivity contribution in [1.82, 2.24) is 4.98 Å². The third-order valence-electron chi connectivity index (χ3n) is 4.34. The van der Waals surface area contributed by atoms with Gasteiger partial charge in [0.05, 0.1) is 12.2 Å². The van der Waals surface area contributed by atoms with Crippen LogP contribution in [0.4, 0.5) is 5.69 Å². The molecule has 0 unspecified atom stereocenters. The first kappa shape index (κ1) is 19.9. The molecule has 0 aliphatic rings. The number of nitrogens with one attached hydrogen (secondary N) is 1. The van der Waals surface area contributed by atoms with Crippen molar-refractivity contribution in [3.05, 3.63) is 71.2 Å². The topological polar surface area (TPSA) is 37.3 Å². The maximum absolute atomic E-state index is 4.63. The van der Waals surface area contributed by atoms with E-state index in [4.69, 9.17) is 0 Å². The fraction of sp³-hybridized carbons (Fsp3) is 0.391. The molecule has 2 rings (SSSR count). The molecule has 0 fully saturated rings. The Kier molecular flexibility index (Phi) is 7.14. The molecule has 0 bridgehead atoms. The lowest BCUT2D eigenvalue weighted by atomic mass is 9.92. The second-order valence-corrected chi connectivity index (χ2v) is 7.35. The summed E-state index contributed by atoms with van der Waals surface area (Å²) in [6, 6.07) is 12.5. The molecule has 0 radical (unpaired) electrons. The highest BCUT2D eigenvalue weighted by Gasteiger charge is 2.13. The number of para-hydroxylation sites is 1. The number of benzene rings is 1. The molecule has 1 N–H and O–H groups in total. The fourth-order valence-corrected chi connectivity index (χ4v) is 2.98. The van der Waals surface area contributed by atoms with Crippen LogP contribution < -0.4 is 5.32 Å². The van der Waals surface area contributed by atoms with E-state index in [0.29, 0.717) is 18.4 Å². The average Bonchev–Trinajstić information content (AvgIpc) is 2.60. The molecule has 138 valence electrons. The van der Waals surface area contributed by atoms with Gasteiger partial charge in [-0.3, -0.25) is 9.98 Å². The number of nitrogens with zero attached hydrogens (tertiary/aromatic N) is 2. The Morgan fingerprint density at radius 2 is 1.65 bits per heavy atom. The van der Waals surface area contributed by atoms with Gasteiger partial charge in [-0.05, 0) is 55.0 Å². The molecule has 0 saturated heterocycles. The van der Waals surface area contributed by atoms with Crippen LogP contribution in [-0.2, 0) is 6.54 Å². The number of rotatable bonds is 7. The molecular weight excluding hydrogens is 318 g/mol. The standard InChI is InChI=1S/C23H31N3/c1-16(2)21-11-9-12-22(17(3)4)23(21)26-19(6)14-18(5)25-15-20-10-7-8-13-24-20/h7-14,16-17,26H,15H2,1-6H3/b19-14-,25-18?. The number of aromatic nitrogens is 1. The van der Waals surface area contributed by atoms with E-state index in [1.807, 2.05) is 25.1 Å². The number of hydrogen-bond donors (Lipinski definition) is 1. The van der Waals surface area contributed by atoms with Crippen molar-refractivity contribution in [2.75, 3.05) is 5.32 Å². The van der Waals surface area contributed by atoms with Crippen molar-refractivity contribution in [1.29, 1.82) is 0 Å². The summed E-state index contributed by atoms with van der Waals surface area (Å²) in [5.41, 5.74) is 7.02. The van der Waals surface area contributed by atoms with Gasteiger partial charge in [0.2, 0.25) is 0 Å². The molecule has 3 heteroatoms. The van der Waals surface area contributed by atoms with Gasteiger partial charge in [0.1, 0.15) is 0 Å². The summed E-state index contributed by atoms with van der Waals surface area (Å²) in [6.07, 6.45) is 3.91. The minimum Gasteiger partial charge on any atom is -0.359 e. The highest BCUT2D eigenvalue weighted by atomic mass is 14.9. The van der Waals surface area contributed by atoms with Crippen LogP contribution in [0, 0.1) is 0 Å². The molecule has 1 aromatic heterocycles. The van der Waals surface area contributed by atoms with Crippen LogP contribution in [0.25, 0.3) is 0 Å². The Labute approximate surface area is 158 Å². The molecule has 0 atom stereocenters. The lowest BCUT2D eigenvalue weighted by Crippen LogP contribution is -2.07. The molecule has 0 saturated carbocycles. The lowest BCUT2D eigenvalue weighted by molar-refractivity contribution is 0.837. The second-order valence-electron chi connectivity index (χ2n) is 7.35. The zero-order valence-corrected chi connectivity index (χ0v) is 16.9. The van der Waals surface area contributed by atoms with E-state index in [-0.39, 0.29) is 0 Å². The molecule has 2 aromatic rings. The maximum atomic E-state index is 4.63. The summed E-state index contributed by atoms with van der Waals surface area (Å²) in [7, 11) is 0. The molecule has 0 aliphatic heterocycles. The fourth-order valence-electron chi connectivity index (χ4n) is 2.98. The molecule has 0 amide bonds. The van der Waals surface area contributed by atoms with E-state index in [0.717, 1.165) is 17.1 Å². The van der Waals surface area contributed by atoms with Crippen LogP contribution in [0.1, 0.15) is 70.2 Å². The number of aliphatic imine (C=N–C) groups is 1. The first-order chi connectivity index (χ1) is 12.4. The van der Waals surface area contributed by atoms with E-state index in [1.165, 1.54) is 16.8 Å². The van der Waals surface area contributed by atoms with Crippen molar-refractivity contribution in [2.24, 2.45) is 4.99 Å². The van der Waals surface area contributed by atoms with E-state index >= 15 is 0 Å². The van der Waals surface area contributed by atoms with Gasteiger partial charge in [-0.15, -0.1) is 0 Å². The predicted molar refractivity (Wildman–Crippen MR) is 113 cm³/mol. The molecule has 1 heterocycles. The third-order valence-corrected chi connectivity index (χ3v) is 4.34. The van der Waals surface area contributed by atoms with Gasteiger partial charge in [-0.2, -0.15) is 0 Å². The minimum atomic E-state index is 0.475. The molecule has 0 spiro atoms. The Hall–Kier alpha value is -2.42. The lowest BCUT2D eigenvalue weighted by Gasteiger charge is -2.21. The maximum Gasteiger partial charge on any atom is 0.0814 e. The van der Waals surface area contributed by atoms with E-state index < -0.39 is 0 Å². The van der Waals surface area contributed by atoms with Crippen LogP contribution in [0.3, 0.4) is 0 Å². The second kappa shape index (κ2) is 9.33. The van der Waals surface area contributed by atoms with Crippen molar-refractivity contribution < 1.29 is 0 Å².